The fourth-order valence-corrected chi connectivity index (χ4v) is 2.76. The van der Waals surface area contributed by atoms with E-state index in [2.05, 4.69) is 26.1 Å². The lowest BCUT2D eigenvalue weighted by atomic mass is 10.0. The Kier molecular flexibility index (Phi) is 4.48. The van der Waals surface area contributed by atoms with E-state index < -0.39 is 0 Å². The Morgan fingerprint density at radius 1 is 1.12 bits per heavy atom. The Balaban J connectivity index is 1.98. The molecule has 5 nitrogen and oxygen atoms in total. The Bertz CT molecular complexity index is 944. The van der Waals surface area contributed by atoms with Gasteiger partial charge in [-0.2, -0.15) is 0 Å². The number of fused-ring (bicyclic) bond motifs is 1. The molecule has 2 aromatic carbocycles. The molecule has 0 radical (unpaired) electrons. The molecular formula is C18H15BrN4O. The van der Waals surface area contributed by atoms with Gasteiger partial charge >= 0.3 is 0 Å². The van der Waals surface area contributed by atoms with Gasteiger partial charge in [0, 0.05) is 27.2 Å². The van der Waals surface area contributed by atoms with Crippen LogP contribution in [0.25, 0.3) is 22.9 Å². The van der Waals surface area contributed by atoms with E-state index in [9.17, 15) is 0 Å². The van der Waals surface area contributed by atoms with E-state index in [1.165, 1.54) is 0 Å². The van der Waals surface area contributed by atoms with Crippen LogP contribution in [0.15, 0.2) is 58.3 Å². The number of nitrogen functional groups attached to an aromatic ring is 1. The molecule has 1 aromatic heterocycles. The van der Waals surface area contributed by atoms with Crippen molar-refractivity contribution in [2.45, 2.75) is 0 Å². The molecule has 24 heavy (non-hydrogen) atoms. The lowest BCUT2D eigenvalue weighted by Crippen LogP contribution is -2.12. The van der Waals surface area contributed by atoms with Crippen LogP contribution in [0.2, 0.25) is 0 Å². The number of nitrogens with zero attached hydrogens (tertiary/aromatic N) is 2. The third-order valence-corrected chi connectivity index (χ3v) is 4.17. The summed E-state index contributed by atoms with van der Waals surface area (Å²) in [6, 6.07) is 13.3. The number of halogens is 1. The molecule has 0 aliphatic heterocycles. The van der Waals surface area contributed by atoms with Gasteiger partial charge in [-0.1, -0.05) is 63.6 Å². The van der Waals surface area contributed by atoms with E-state index >= 15 is 0 Å². The molecule has 1 heterocycles. The van der Waals surface area contributed by atoms with E-state index in [1.54, 1.807) is 18.3 Å². The van der Waals surface area contributed by atoms with Crippen molar-refractivity contribution in [3.8, 4) is 0 Å². The number of nitrogens with two attached hydrogens (primary N) is 2. The number of oxime groups is 1. The van der Waals surface area contributed by atoms with Crippen molar-refractivity contribution in [2.24, 2.45) is 10.9 Å². The van der Waals surface area contributed by atoms with Gasteiger partial charge in [0.05, 0.1) is 0 Å². The minimum atomic E-state index is 0.0814. The van der Waals surface area contributed by atoms with Gasteiger partial charge in [0.25, 0.3) is 0 Å². The average molecular weight is 383 g/mol. The highest BCUT2D eigenvalue weighted by Crippen LogP contribution is 2.27. The second kappa shape index (κ2) is 6.72. The van der Waals surface area contributed by atoms with Crippen LogP contribution in [0.1, 0.15) is 16.7 Å². The topological polar surface area (TPSA) is 97.5 Å². The van der Waals surface area contributed by atoms with Crippen LogP contribution in [0.3, 0.4) is 0 Å². The van der Waals surface area contributed by atoms with Crippen molar-refractivity contribution < 1.29 is 5.21 Å². The number of anilines is 1. The highest BCUT2D eigenvalue weighted by Gasteiger charge is 2.05. The molecule has 0 fully saturated rings. The Morgan fingerprint density at radius 2 is 1.88 bits per heavy atom. The summed E-state index contributed by atoms with van der Waals surface area (Å²) < 4.78 is 0.985. The summed E-state index contributed by atoms with van der Waals surface area (Å²) in [4.78, 5) is 4.25. The highest BCUT2D eigenvalue weighted by molar-refractivity contribution is 9.10. The zero-order chi connectivity index (χ0) is 17.1. The molecule has 6 heteroatoms. The number of pyridine rings is 1. The van der Waals surface area contributed by atoms with Gasteiger partial charge in [0.2, 0.25) is 0 Å². The third kappa shape index (κ3) is 3.23. The third-order valence-electron chi connectivity index (χ3n) is 3.68. The standard InChI is InChI=1S/C18H15BrN4O/c19-14-7-6-13-10-22-18(21)15(16(13)9-14)8-3-11-1-4-12(5-2-11)17(20)23-24/h1-10,24H,(H2,20,23)(H2,21,22)/b8-3+. The minimum Gasteiger partial charge on any atom is -0.409 e. The molecule has 0 atom stereocenters. The molecule has 120 valence electrons. The predicted molar refractivity (Wildman–Crippen MR) is 102 cm³/mol. The Morgan fingerprint density at radius 3 is 2.58 bits per heavy atom. The molecule has 0 saturated heterocycles. The second-order valence-electron chi connectivity index (χ2n) is 5.23. The van der Waals surface area contributed by atoms with Crippen molar-refractivity contribution in [1.82, 2.24) is 4.98 Å². The molecule has 3 rings (SSSR count). The first kappa shape index (κ1) is 16.0. The maximum Gasteiger partial charge on any atom is 0.170 e. The van der Waals surface area contributed by atoms with Crippen molar-refractivity contribution in [3.05, 3.63) is 69.8 Å². The van der Waals surface area contributed by atoms with Gasteiger partial charge < -0.3 is 16.7 Å². The number of amidine groups is 1. The predicted octanol–water partition coefficient (Wildman–Crippen LogP) is 3.84. The zero-order valence-corrected chi connectivity index (χ0v) is 14.2. The van der Waals surface area contributed by atoms with E-state index in [0.29, 0.717) is 11.4 Å². The normalized spacial score (nSPS) is 12.1. The van der Waals surface area contributed by atoms with Crippen molar-refractivity contribution >= 4 is 50.5 Å². The SMILES string of the molecule is NC(=NO)c1ccc(/C=C/c2c(N)ncc3ccc(Br)cc23)cc1. The summed E-state index contributed by atoms with van der Waals surface area (Å²) in [5, 5.41) is 13.7. The zero-order valence-electron chi connectivity index (χ0n) is 12.6. The quantitative estimate of drug-likeness (QED) is 0.277. The smallest absolute Gasteiger partial charge is 0.170 e. The monoisotopic (exact) mass is 382 g/mol. The second-order valence-corrected chi connectivity index (χ2v) is 6.14. The van der Waals surface area contributed by atoms with E-state index in [4.69, 9.17) is 16.7 Å². The Hall–Kier alpha value is -2.86. The van der Waals surface area contributed by atoms with Crippen LogP contribution in [0.4, 0.5) is 5.82 Å². The van der Waals surface area contributed by atoms with Crippen molar-refractivity contribution in [1.29, 1.82) is 0 Å². The van der Waals surface area contributed by atoms with Gasteiger partial charge in [-0.15, -0.1) is 0 Å². The summed E-state index contributed by atoms with van der Waals surface area (Å²) in [5.74, 6) is 0.558. The van der Waals surface area contributed by atoms with E-state index in [0.717, 1.165) is 26.4 Å². The molecule has 0 amide bonds. The summed E-state index contributed by atoms with van der Waals surface area (Å²) in [6.07, 6.45) is 5.65. The molecular weight excluding hydrogens is 368 g/mol. The number of aromatic nitrogens is 1. The first-order valence-corrected chi connectivity index (χ1v) is 7.97. The van der Waals surface area contributed by atoms with Crippen LogP contribution in [0.5, 0.6) is 0 Å². The number of benzene rings is 2. The lowest BCUT2D eigenvalue weighted by Gasteiger charge is -2.06. The van der Waals surface area contributed by atoms with Crippen LogP contribution in [-0.2, 0) is 0 Å². The largest absolute Gasteiger partial charge is 0.409 e. The van der Waals surface area contributed by atoms with Crippen LogP contribution >= 0.6 is 15.9 Å². The molecule has 0 bridgehead atoms. The first-order valence-electron chi connectivity index (χ1n) is 7.18. The van der Waals surface area contributed by atoms with Crippen molar-refractivity contribution in [3.63, 3.8) is 0 Å². The minimum absolute atomic E-state index is 0.0814. The molecule has 0 spiro atoms. The summed E-state index contributed by atoms with van der Waals surface area (Å²) >= 11 is 3.49. The number of hydrogen-bond donors (Lipinski definition) is 3. The molecule has 0 unspecified atom stereocenters. The van der Waals surface area contributed by atoms with E-state index in [-0.39, 0.29) is 5.84 Å². The number of hydrogen-bond acceptors (Lipinski definition) is 4. The fraction of sp³-hybridized carbons (Fsp3) is 0. The lowest BCUT2D eigenvalue weighted by molar-refractivity contribution is 0.318. The van der Waals surface area contributed by atoms with Crippen LogP contribution in [-0.4, -0.2) is 16.0 Å². The summed E-state index contributed by atoms with van der Waals surface area (Å²) in [6.45, 7) is 0. The highest BCUT2D eigenvalue weighted by atomic mass is 79.9. The summed E-state index contributed by atoms with van der Waals surface area (Å²) in [5.41, 5.74) is 14.1. The fourth-order valence-electron chi connectivity index (χ4n) is 2.40. The summed E-state index contributed by atoms with van der Waals surface area (Å²) in [7, 11) is 0. The van der Waals surface area contributed by atoms with Gasteiger partial charge in [0.15, 0.2) is 5.84 Å². The first-order chi connectivity index (χ1) is 11.6. The molecule has 3 aromatic rings. The van der Waals surface area contributed by atoms with Crippen LogP contribution < -0.4 is 11.5 Å². The van der Waals surface area contributed by atoms with Gasteiger partial charge in [-0.25, -0.2) is 4.98 Å². The maximum atomic E-state index is 8.69. The Labute approximate surface area is 147 Å². The van der Waals surface area contributed by atoms with Crippen LogP contribution in [0, 0.1) is 0 Å². The molecule has 0 saturated carbocycles. The van der Waals surface area contributed by atoms with Gasteiger partial charge in [-0.05, 0) is 23.1 Å². The molecule has 0 aliphatic rings. The van der Waals surface area contributed by atoms with Crippen molar-refractivity contribution in [2.75, 3.05) is 5.73 Å². The molecule has 5 N–H and O–H groups in total. The molecule has 0 aliphatic carbocycles. The van der Waals surface area contributed by atoms with E-state index in [1.807, 2.05) is 42.5 Å². The average Bonchev–Trinajstić information content (AvgIpc) is 2.60. The maximum absolute atomic E-state index is 8.69. The van der Waals surface area contributed by atoms with Gasteiger partial charge in [-0.3, -0.25) is 0 Å². The number of rotatable bonds is 3. The van der Waals surface area contributed by atoms with Gasteiger partial charge in [0.1, 0.15) is 5.82 Å².